The molecule has 1 aromatic rings. The Labute approximate surface area is 70.8 Å². The fourth-order valence-corrected chi connectivity index (χ4v) is 2.66. The predicted molar refractivity (Wildman–Crippen MR) is 46.8 cm³/mol. The number of hydrogen-bond donors (Lipinski definition) is 0. The van der Waals surface area contributed by atoms with Gasteiger partial charge in [-0.1, -0.05) is 6.92 Å². The molecule has 1 rings (SSSR count). The van der Waals surface area contributed by atoms with Gasteiger partial charge >= 0.3 is 0 Å². The highest BCUT2D eigenvalue weighted by Crippen LogP contribution is 2.21. The van der Waals surface area contributed by atoms with E-state index in [2.05, 4.69) is 0 Å². The Morgan fingerprint density at radius 3 is 2.36 bits per heavy atom. The van der Waals surface area contributed by atoms with E-state index in [1.54, 1.807) is 6.07 Å². The van der Waals surface area contributed by atoms with E-state index in [0.717, 1.165) is 11.3 Å². The average Bonchev–Trinajstić information content (AvgIpc) is 2.32. The van der Waals surface area contributed by atoms with Crippen LogP contribution in [0.3, 0.4) is 0 Å². The molecule has 0 fully saturated rings. The largest absolute Gasteiger partial charge is 0.223 e. The van der Waals surface area contributed by atoms with Gasteiger partial charge in [0.05, 0.1) is 0 Å². The predicted octanol–water partition coefficient (Wildman–Crippen LogP) is 1.71. The minimum atomic E-state index is -2.97. The van der Waals surface area contributed by atoms with Crippen LogP contribution >= 0.6 is 11.3 Å². The molecule has 0 aliphatic carbocycles. The second-order valence-electron chi connectivity index (χ2n) is 2.35. The average molecular weight is 190 g/mol. The summed E-state index contributed by atoms with van der Waals surface area (Å²) in [4.78, 5) is 1.12. The molecule has 1 aromatic heterocycles. The zero-order valence-electron chi connectivity index (χ0n) is 6.49. The Morgan fingerprint density at radius 2 is 2.09 bits per heavy atom. The van der Waals surface area contributed by atoms with Gasteiger partial charge in [-0.25, -0.2) is 8.42 Å². The van der Waals surface area contributed by atoms with E-state index in [1.165, 1.54) is 17.6 Å². The molecule has 0 atom stereocenters. The van der Waals surface area contributed by atoms with Crippen LogP contribution in [0.25, 0.3) is 0 Å². The molecule has 0 amide bonds. The number of sulfone groups is 1. The van der Waals surface area contributed by atoms with Crippen molar-refractivity contribution < 1.29 is 8.42 Å². The molecule has 0 aromatic carbocycles. The Hall–Kier alpha value is -0.350. The lowest BCUT2D eigenvalue weighted by Gasteiger charge is -1.88. The highest BCUT2D eigenvalue weighted by atomic mass is 32.2. The third-order valence-electron chi connectivity index (χ3n) is 1.35. The van der Waals surface area contributed by atoms with Crippen molar-refractivity contribution >= 4 is 21.2 Å². The van der Waals surface area contributed by atoms with Gasteiger partial charge in [-0.2, -0.15) is 0 Å². The molecule has 11 heavy (non-hydrogen) atoms. The fraction of sp³-hybridized carbons (Fsp3) is 0.429. The minimum Gasteiger partial charge on any atom is -0.223 e. The highest BCUT2D eigenvalue weighted by molar-refractivity contribution is 7.92. The number of hydrogen-bond acceptors (Lipinski definition) is 3. The van der Waals surface area contributed by atoms with Gasteiger partial charge < -0.3 is 0 Å². The molecule has 1 heterocycles. The zero-order valence-corrected chi connectivity index (χ0v) is 8.13. The normalized spacial score (nSPS) is 11.8. The molecule has 0 aliphatic rings. The molecule has 62 valence electrons. The quantitative estimate of drug-likeness (QED) is 0.711. The molecule has 4 heteroatoms. The van der Waals surface area contributed by atoms with Gasteiger partial charge in [0.15, 0.2) is 9.84 Å². The lowest BCUT2D eigenvalue weighted by molar-refractivity contribution is 0.604. The van der Waals surface area contributed by atoms with E-state index in [9.17, 15) is 8.42 Å². The van der Waals surface area contributed by atoms with Crippen molar-refractivity contribution in [2.45, 2.75) is 17.6 Å². The van der Waals surface area contributed by atoms with Gasteiger partial charge in [-0.05, 0) is 18.6 Å². The van der Waals surface area contributed by atoms with Crippen LogP contribution in [-0.4, -0.2) is 14.7 Å². The molecule has 0 radical (unpaired) electrons. The third kappa shape index (κ3) is 2.04. The first-order valence-electron chi connectivity index (χ1n) is 3.33. The topological polar surface area (TPSA) is 34.1 Å². The van der Waals surface area contributed by atoms with Crippen LogP contribution < -0.4 is 0 Å². The summed E-state index contributed by atoms with van der Waals surface area (Å²) < 4.78 is 22.4. The number of aryl methyl sites for hydroxylation is 1. The number of thiophene rings is 1. The summed E-state index contributed by atoms with van der Waals surface area (Å²) >= 11 is 1.35. The van der Waals surface area contributed by atoms with Crippen molar-refractivity contribution in [2.75, 3.05) is 6.26 Å². The Bertz CT molecular complexity index is 335. The molecule has 0 spiro atoms. The van der Waals surface area contributed by atoms with Gasteiger partial charge in [0.2, 0.25) is 0 Å². The van der Waals surface area contributed by atoms with E-state index in [1.807, 2.05) is 13.0 Å². The fourth-order valence-electron chi connectivity index (χ4n) is 0.748. The summed E-state index contributed by atoms with van der Waals surface area (Å²) in [5.74, 6) is 0. The Balaban J connectivity index is 3.09. The van der Waals surface area contributed by atoms with Crippen molar-refractivity contribution in [3.8, 4) is 0 Å². The zero-order chi connectivity index (χ0) is 8.48. The van der Waals surface area contributed by atoms with E-state index in [4.69, 9.17) is 0 Å². The minimum absolute atomic E-state index is 0.467. The lowest BCUT2D eigenvalue weighted by Crippen LogP contribution is -1.91. The van der Waals surface area contributed by atoms with Gasteiger partial charge in [-0.3, -0.25) is 0 Å². The second kappa shape index (κ2) is 2.95. The van der Waals surface area contributed by atoms with Crippen LogP contribution in [0, 0.1) is 0 Å². The van der Waals surface area contributed by atoms with E-state index in [-0.39, 0.29) is 0 Å². The SMILES string of the molecule is CCc1ccc(S(C)(=O)=O)s1. The number of rotatable bonds is 2. The molecule has 0 aliphatic heterocycles. The summed E-state index contributed by atoms with van der Waals surface area (Å²) in [6, 6.07) is 3.53. The van der Waals surface area contributed by atoms with Crippen LogP contribution in [0.15, 0.2) is 16.3 Å². The molecule has 0 bridgehead atoms. The van der Waals surface area contributed by atoms with Crippen molar-refractivity contribution in [2.24, 2.45) is 0 Å². The maximum Gasteiger partial charge on any atom is 0.184 e. The van der Waals surface area contributed by atoms with E-state index < -0.39 is 9.84 Å². The highest BCUT2D eigenvalue weighted by Gasteiger charge is 2.08. The summed E-state index contributed by atoms with van der Waals surface area (Å²) in [5.41, 5.74) is 0. The second-order valence-corrected chi connectivity index (χ2v) is 5.76. The smallest absolute Gasteiger partial charge is 0.184 e. The summed E-state index contributed by atoms with van der Waals surface area (Å²) in [7, 11) is -2.97. The maximum atomic E-state index is 11.0. The van der Waals surface area contributed by atoms with Crippen LogP contribution in [0.4, 0.5) is 0 Å². The van der Waals surface area contributed by atoms with Crippen molar-refractivity contribution in [1.82, 2.24) is 0 Å². The van der Waals surface area contributed by atoms with Gasteiger partial charge in [0.1, 0.15) is 4.21 Å². The third-order valence-corrected chi connectivity index (χ3v) is 4.40. The summed E-state index contributed by atoms with van der Waals surface area (Å²) in [6.45, 7) is 2.01. The monoisotopic (exact) mass is 190 g/mol. The molecule has 0 N–H and O–H groups in total. The summed E-state index contributed by atoms with van der Waals surface area (Å²) in [5, 5.41) is 0. The van der Waals surface area contributed by atoms with Gasteiger partial charge in [0.25, 0.3) is 0 Å². The maximum absolute atomic E-state index is 11.0. The first kappa shape index (κ1) is 8.74. The van der Waals surface area contributed by atoms with Gasteiger partial charge in [0, 0.05) is 11.1 Å². The van der Waals surface area contributed by atoms with Crippen molar-refractivity contribution in [3.05, 3.63) is 17.0 Å². The summed E-state index contributed by atoms with van der Waals surface area (Å²) in [6.07, 6.45) is 2.14. The molecule has 2 nitrogen and oxygen atoms in total. The van der Waals surface area contributed by atoms with Crippen molar-refractivity contribution in [1.29, 1.82) is 0 Å². The van der Waals surface area contributed by atoms with Gasteiger partial charge in [-0.15, -0.1) is 11.3 Å². The van der Waals surface area contributed by atoms with Crippen LogP contribution in [0.2, 0.25) is 0 Å². The molecular formula is C7H10O2S2. The Morgan fingerprint density at radius 1 is 1.45 bits per heavy atom. The lowest BCUT2D eigenvalue weighted by atomic mass is 10.4. The first-order valence-corrected chi connectivity index (χ1v) is 6.03. The Kier molecular flexibility index (Phi) is 2.34. The van der Waals surface area contributed by atoms with E-state index in [0.29, 0.717) is 4.21 Å². The first-order chi connectivity index (χ1) is 5.04. The van der Waals surface area contributed by atoms with Crippen LogP contribution in [-0.2, 0) is 16.3 Å². The molecule has 0 saturated heterocycles. The van der Waals surface area contributed by atoms with E-state index >= 15 is 0 Å². The van der Waals surface area contributed by atoms with Crippen molar-refractivity contribution in [3.63, 3.8) is 0 Å². The van der Waals surface area contributed by atoms with Crippen LogP contribution in [0.5, 0.6) is 0 Å². The van der Waals surface area contributed by atoms with Crippen LogP contribution in [0.1, 0.15) is 11.8 Å². The molecular weight excluding hydrogens is 180 g/mol. The molecule has 0 saturated carbocycles. The molecule has 0 unspecified atom stereocenters. The standard InChI is InChI=1S/C7H10O2S2/c1-3-6-4-5-7(10-6)11(2,8)9/h4-5H,3H2,1-2H3.